The highest BCUT2D eigenvalue weighted by Gasteiger charge is 2.30. The smallest absolute Gasteiger partial charge is 0.416 e. The number of piperidine rings is 1. The van der Waals surface area contributed by atoms with Gasteiger partial charge in [0.15, 0.2) is 0 Å². The van der Waals surface area contributed by atoms with Crippen molar-refractivity contribution in [2.24, 2.45) is 5.92 Å². The van der Waals surface area contributed by atoms with E-state index in [0.29, 0.717) is 25.4 Å². The van der Waals surface area contributed by atoms with Crippen molar-refractivity contribution in [2.45, 2.75) is 65.3 Å². The van der Waals surface area contributed by atoms with Gasteiger partial charge in [-0.2, -0.15) is 13.2 Å². The quantitative estimate of drug-likeness (QED) is 0.417. The van der Waals surface area contributed by atoms with Crippen LogP contribution < -0.4 is 0 Å². The van der Waals surface area contributed by atoms with Gasteiger partial charge >= 0.3 is 12.3 Å². The summed E-state index contributed by atoms with van der Waals surface area (Å²) in [5, 5.41) is 0. The Morgan fingerprint density at radius 1 is 1.06 bits per heavy atom. The first-order chi connectivity index (χ1) is 16.4. The van der Waals surface area contributed by atoms with Gasteiger partial charge in [0.1, 0.15) is 11.4 Å². The number of aromatic nitrogens is 2. The van der Waals surface area contributed by atoms with Crippen LogP contribution in [0.2, 0.25) is 0 Å². The molecule has 2 aromatic carbocycles. The Bertz CT molecular complexity index is 1190. The van der Waals surface area contributed by atoms with Gasteiger partial charge in [0.2, 0.25) is 0 Å². The van der Waals surface area contributed by atoms with Crippen LogP contribution in [0.25, 0.3) is 11.0 Å². The number of hydrogen-bond acceptors (Lipinski definition) is 3. The molecule has 188 valence electrons. The second-order valence-corrected chi connectivity index (χ2v) is 10.4. The average Bonchev–Trinajstić information content (AvgIpc) is 3.08. The van der Waals surface area contributed by atoms with Crippen LogP contribution >= 0.6 is 0 Å². The summed E-state index contributed by atoms with van der Waals surface area (Å²) in [7, 11) is 0. The van der Waals surface area contributed by atoms with Gasteiger partial charge in [0, 0.05) is 26.1 Å². The van der Waals surface area contributed by atoms with Crippen LogP contribution in [0, 0.1) is 12.8 Å². The van der Waals surface area contributed by atoms with Crippen molar-refractivity contribution in [3.63, 3.8) is 0 Å². The Morgan fingerprint density at radius 3 is 2.31 bits per heavy atom. The monoisotopic (exact) mass is 487 g/mol. The molecule has 0 spiro atoms. The topological polar surface area (TPSA) is 47.4 Å². The van der Waals surface area contributed by atoms with E-state index in [4.69, 9.17) is 9.72 Å². The molecule has 0 N–H and O–H groups in total. The van der Waals surface area contributed by atoms with E-state index in [2.05, 4.69) is 10.6 Å². The van der Waals surface area contributed by atoms with Crippen molar-refractivity contribution >= 4 is 17.1 Å². The molecule has 5 nitrogen and oxygen atoms in total. The summed E-state index contributed by atoms with van der Waals surface area (Å²) in [6.45, 7) is 9.63. The van der Waals surface area contributed by atoms with E-state index >= 15 is 0 Å². The van der Waals surface area contributed by atoms with Gasteiger partial charge in [-0.25, -0.2) is 9.78 Å². The van der Waals surface area contributed by atoms with Crippen molar-refractivity contribution in [1.82, 2.24) is 14.5 Å². The maximum atomic E-state index is 13.0. The average molecular weight is 488 g/mol. The third kappa shape index (κ3) is 6.16. The highest BCUT2D eigenvalue weighted by atomic mass is 19.4. The lowest BCUT2D eigenvalue weighted by molar-refractivity contribution is -0.137. The highest BCUT2D eigenvalue weighted by molar-refractivity contribution is 5.77. The first-order valence-electron chi connectivity index (χ1n) is 12.0. The number of rotatable bonds is 4. The first-order valence-corrected chi connectivity index (χ1v) is 12.0. The van der Waals surface area contributed by atoms with Crippen LogP contribution in [-0.4, -0.2) is 39.2 Å². The minimum absolute atomic E-state index is 0.275. The zero-order chi connectivity index (χ0) is 25.4. The van der Waals surface area contributed by atoms with Gasteiger partial charge in [-0.15, -0.1) is 0 Å². The molecule has 35 heavy (non-hydrogen) atoms. The maximum absolute atomic E-state index is 13.0. The predicted molar refractivity (Wildman–Crippen MR) is 129 cm³/mol. The number of carbonyl (C=O) groups is 1. The molecule has 0 atom stereocenters. The molecule has 0 unspecified atom stereocenters. The van der Waals surface area contributed by atoms with E-state index in [1.807, 2.05) is 39.8 Å². The van der Waals surface area contributed by atoms with Gasteiger partial charge < -0.3 is 14.2 Å². The lowest BCUT2D eigenvalue weighted by atomic mass is 9.96. The summed E-state index contributed by atoms with van der Waals surface area (Å²) in [6, 6.07) is 11.4. The van der Waals surface area contributed by atoms with E-state index < -0.39 is 17.3 Å². The maximum Gasteiger partial charge on any atom is 0.416 e. The number of nitrogens with zero attached hydrogens (tertiary/aromatic N) is 3. The fourth-order valence-electron chi connectivity index (χ4n) is 4.51. The molecule has 0 bridgehead atoms. The molecule has 0 radical (unpaired) electrons. The molecule has 0 aliphatic carbocycles. The molecular formula is C27H32F3N3O2. The number of amides is 1. The molecule has 1 fully saturated rings. The number of imidazole rings is 1. The Kier molecular flexibility index (Phi) is 6.84. The molecule has 8 heteroatoms. The Balaban J connectivity index is 1.52. The normalized spacial score (nSPS) is 15.6. The van der Waals surface area contributed by atoms with E-state index in [0.717, 1.165) is 59.5 Å². The molecule has 0 saturated carbocycles. The molecule has 1 aliphatic rings. The van der Waals surface area contributed by atoms with Crippen LogP contribution in [0.4, 0.5) is 18.0 Å². The summed E-state index contributed by atoms with van der Waals surface area (Å²) in [5.74, 6) is 1.19. The van der Waals surface area contributed by atoms with Gasteiger partial charge in [-0.05, 0) is 81.8 Å². The highest BCUT2D eigenvalue weighted by Crippen LogP contribution is 2.30. The Morgan fingerprint density at radius 2 is 1.71 bits per heavy atom. The zero-order valence-corrected chi connectivity index (χ0v) is 20.7. The fourth-order valence-corrected chi connectivity index (χ4v) is 4.51. The number of halogens is 3. The Hall–Kier alpha value is -3.03. The lowest BCUT2D eigenvalue weighted by Crippen LogP contribution is -2.42. The number of fused-ring (bicyclic) bond motifs is 1. The first kappa shape index (κ1) is 25.1. The predicted octanol–water partition coefficient (Wildman–Crippen LogP) is 6.60. The number of hydrogen-bond donors (Lipinski definition) is 0. The van der Waals surface area contributed by atoms with Crippen LogP contribution in [-0.2, 0) is 23.9 Å². The molecule has 1 aromatic heterocycles. The van der Waals surface area contributed by atoms with Gasteiger partial charge in [0.05, 0.1) is 16.6 Å². The molecular weight excluding hydrogens is 455 g/mol. The van der Waals surface area contributed by atoms with Crippen LogP contribution in [0.15, 0.2) is 42.5 Å². The van der Waals surface area contributed by atoms with Crippen molar-refractivity contribution in [3.05, 3.63) is 65.0 Å². The summed E-state index contributed by atoms with van der Waals surface area (Å²) in [6.07, 6.45) is -2.47. The van der Waals surface area contributed by atoms with Crippen LogP contribution in [0.3, 0.4) is 0 Å². The van der Waals surface area contributed by atoms with Crippen molar-refractivity contribution in [2.75, 3.05) is 13.1 Å². The van der Waals surface area contributed by atoms with Crippen molar-refractivity contribution in [1.29, 1.82) is 0 Å². The third-order valence-electron chi connectivity index (χ3n) is 6.33. The summed E-state index contributed by atoms with van der Waals surface area (Å²) in [5.41, 5.74) is 2.63. The van der Waals surface area contributed by atoms with Gasteiger partial charge in [-0.3, -0.25) is 0 Å². The second-order valence-electron chi connectivity index (χ2n) is 10.4. The third-order valence-corrected chi connectivity index (χ3v) is 6.33. The number of aryl methyl sites for hydroxylation is 1. The zero-order valence-electron chi connectivity index (χ0n) is 20.7. The van der Waals surface area contributed by atoms with E-state index in [1.165, 1.54) is 12.1 Å². The summed E-state index contributed by atoms with van der Waals surface area (Å²) >= 11 is 0. The summed E-state index contributed by atoms with van der Waals surface area (Å²) in [4.78, 5) is 19.0. The van der Waals surface area contributed by atoms with E-state index in [1.54, 1.807) is 4.90 Å². The summed E-state index contributed by atoms with van der Waals surface area (Å²) < 4.78 is 46.6. The minimum Gasteiger partial charge on any atom is -0.444 e. The van der Waals surface area contributed by atoms with Crippen molar-refractivity contribution in [3.8, 4) is 0 Å². The number of alkyl halides is 3. The van der Waals surface area contributed by atoms with E-state index in [-0.39, 0.29) is 6.09 Å². The van der Waals surface area contributed by atoms with Crippen LogP contribution in [0.1, 0.15) is 56.1 Å². The number of benzene rings is 2. The number of carbonyl (C=O) groups excluding carboxylic acids is 1. The largest absolute Gasteiger partial charge is 0.444 e. The van der Waals surface area contributed by atoms with Gasteiger partial charge in [0.25, 0.3) is 0 Å². The molecule has 4 rings (SSSR count). The van der Waals surface area contributed by atoms with Crippen molar-refractivity contribution < 1.29 is 22.7 Å². The standard InChI is InChI=1S/C27H32F3N3O2/c1-18-5-10-23-22(15-18)31-24(16-19-6-8-21(9-7-19)27(28,29)30)33(23)17-20-11-13-32(14-12-20)25(34)35-26(2,3)4/h5-10,15,20H,11-14,16-17H2,1-4H3. The molecule has 2 heterocycles. The lowest BCUT2D eigenvalue weighted by Gasteiger charge is -2.33. The van der Waals surface area contributed by atoms with E-state index in [9.17, 15) is 18.0 Å². The minimum atomic E-state index is -4.35. The molecule has 1 amide bonds. The molecule has 1 aliphatic heterocycles. The fraction of sp³-hybridized carbons (Fsp3) is 0.481. The Labute approximate surface area is 203 Å². The molecule has 1 saturated heterocycles. The van der Waals surface area contributed by atoms with Crippen LogP contribution in [0.5, 0.6) is 0 Å². The number of likely N-dealkylation sites (tertiary alicyclic amines) is 1. The molecule has 3 aromatic rings. The van der Waals surface area contributed by atoms with Gasteiger partial charge in [-0.1, -0.05) is 18.2 Å². The number of ether oxygens (including phenoxy) is 1. The SMILES string of the molecule is Cc1ccc2c(c1)nc(Cc1ccc(C(F)(F)F)cc1)n2CC1CCN(C(=O)OC(C)(C)C)CC1. The second kappa shape index (κ2) is 9.55.